The van der Waals surface area contributed by atoms with Crippen LogP contribution in [0.2, 0.25) is 0 Å². The first-order chi connectivity index (χ1) is 37.2. The highest BCUT2D eigenvalue weighted by molar-refractivity contribution is 7.49. The summed E-state index contributed by atoms with van der Waals surface area (Å²) >= 11 is 0. The quantitative estimate of drug-likeness (QED) is 0.0919. The molecule has 428 valence electrons. The summed E-state index contributed by atoms with van der Waals surface area (Å²) in [6.45, 7) is 7.46. The maximum absolute atomic E-state index is 13.2. The number of rotatable bonds is 13. The molecule has 8 aliphatic heterocycles. The normalized spacial score (nSPS) is 32.8. The fraction of sp³-hybridized carbons (Fsp3) is 0.490. The van der Waals surface area contributed by atoms with E-state index in [0.29, 0.717) is 36.8 Å². The van der Waals surface area contributed by atoms with Gasteiger partial charge in [-0.05, 0) is 75.9 Å². The first-order valence-corrected chi connectivity index (χ1v) is 27.9. The number of carbonyl (C=O) groups is 2. The maximum atomic E-state index is 13.2. The molecule has 26 nitrogen and oxygen atoms in total. The van der Waals surface area contributed by atoms with E-state index in [9.17, 15) is 33.9 Å². The van der Waals surface area contributed by atoms with Crippen LogP contribution in [0.5, 0.6) is 5.75 Å². The molecule has 3 aromatic rings. The number of nitrogens with zero attached hydrogens (tertiary/aromatic N) is 5. The summed E-state index contributed by atoms with van der Waals surface area (Å²) < 4.78 is 94.4. The summed E-state index contributed by atoms with van der Waals surface area (Å²) in [5, 5.41) is 20.1. The lowest BCUT2D eigenvalue weighted by molar-refractivity contribution is -0.384. The van der Waals surface area contributed by atoms with Crippen LogP contribution in [0.1, 0.15) is 84.1 Å². The van der Waals surface area contributed by atoms with Crippen LogP contribution in [-0.4, -0.2) is 129 Å². The van der Waals surface area contributed by atoms with Gasteiger partial charge in [-0.1, -0.05) is 31.7 Å². The van der Waals surface area contributed by atoms with Gasteiger partial charge < -0.3 is 59.3 Å². The summed E-state index contributed by atoms with van der Waals surface area (Å²) in [5.41, 5.74) is 13.2. The molecule has 11 rings (SSSR count). The number of non-ortho nitro benzene ring substituents is 1. The molecular formula is C51H65N7O19P2. The molecule has 6 fully saturated rings. The summed E-state index contributed by atoms with van der Waals surface area (Å²) in [4.78, 5) is 44.7. The summed E-state index contributed by atoms with van der Waals surface area (Å²) in [6, 6.07) is 12.4. The zero-order chi connectivity index (χ0) is 55.4. The molecule has 0 saturated carbocycles. The zero-order valence-corrected chi connectivity index (χ0v) is 44.7. The molecule has 2 aromatic heterocycles. The number of primary amides is 2. The Morgan fingerprint density at radius 3 is 1.67 bits per heavy atom. The van der Waals surface area contributed by atoms with Gasteiger partial charge in [0.15, 0.2) is 24.0 Å². The SMILES string of the molecule is C.CC1(C)O[C@@H]2[C@H](O1)C(CO)O[C@H]2N1C=CCC(C(N)=O)=C1.CC1(C)O[C@@H]2[C@H](O1)C(COP1(=O)OCCC(c3cccnc3)O1)O[C@H]2N1C=CCC(C(N)=O)=C1.O=[N+]([O-])c1ccc(OP2(=O)OCCC(c3cccnc3)O2)cc1. The number of aromatic nitrogens is 2. The number of pyridine rings is 2. The van der Waals surface area contributed by atoms with Gasteiger partial charge in [0.2, 0.25) is 11.8 Å². The van der Waals surface area contributed by atoms with Crippen LogP contribution in [-0.2, 0) is 69.8 Å². The monoisotopic (exact) mass is 1140 g/mol. The second-order valence-electron chi connectivity index (χ2n) is 19.6. The van der Waals surface area contributed by atoms with Crippen molar-refractivity contribution < 1.29 is 84.3 Å². The number of ether oxygens (including phenoxy) is 6. The number of fused-ring (bicyclic) bond motifs is 2. The highest BCUT2D eigenvalue weighted by Gasteiger charge is 2.58. The van der Waals surface area contributed by atoms with Crippen molar-refractivity contribution in [2.45, 2.75) is 134 Å². The second kappa shape index (κ2) is 24.9. The van der Waals surface area contributed by atoms with E-state index in [0.717, 1.165) is 11.1 Å². The number of nitro benzene ring substituents is 1. The molecule has 6 unspecified atom stereocenters. The van der Waals surface area contributed by atoms with E-state index in [-0.39, 0.29) is 57.5 Å². The Bertz CT molecular complexity index is 2860. The maximum Gasteiger partial charge on any atom is 0.530 e. The fourth-order valence-corrected chi connectivity index (χ4v) is 12.3. The molecule has 0 bridgehead atoms. The number of amides is 2. The summed E-state index contributed by atoms with van der Waals surface area (Å²) in [7, 11) is -7.63. The van der Waals surface area contributed by atoms with Crippen LogP contribution in [0.15, 0.2) is 121 Å². The number of hydrogen-bond acceptors (Lipinski definition) is 23. The number of allylic oxidation sites excluding steroid dienone is 2. The van der Waals surface area contributed by atoms with Crippen LogP contribution >= 0.6 is 15.6 Å². The highest BCUT2D eigenvalue weighted by atomic mass is 31.2. The predicted octanol–water partition coefficient (Wildman–Crippen LogP) is 6.62. The van der Waals surface area contributed by atoms with Gasteiger partial charge in [0, 0.05) is 85.7 Å². The number of nitrogens with two attached hydrogens (primary N) is 2. The molecule has 10 heterocycles. The fourth-order valence-electron chi connectivity index (χ4n) is 9.53. The smallest absolute Gasteiger partial charge is 0.404 e. The lowest BCUT2D eigenvalue weighted by Crippen LogP contribution is -2.40. The van der Waals surface area contributed by atoms with Crippen molar-refractivity contribution in [3.63, 3.8) is 0 Å². The number of hydrogen-bond donors (Lipinski definition) is 3. The first kappa shape index (κ1) is 59.3. The molecule has 12 atom stereocenters. The van der Waals surface area contributed by atoms with Gasteiger partial charge in [-0.3, -0.25) is 52.3 Å². The molecule has 0 spiro atoms. The standard InChI is InChI=1S/C22H28N3O8P.C14H13N2O6P.C14H20N2O5.CH4/c1-22(2)31-18-17(30-21(19(18)32-22)25-9-4-6-15(12-25)20(23)26)13-29-34(27)28-10-7-16(33-34)14-5-3-8-24-11-14;17-16(18)12-3-5-13(6-4-12)21-23(19)20-9-7-14(22-23)11-2-1-8-15-10-11;1-14(2)20-10-9(7-17)19-13(11(10)21-14)16-5-3-4-8(6-16)12(15)18;/h3-5,8-9,11-12,16-19,21H,6-7,10,13H2,1-2H3,(H2,23,26);1-6,8,10,14H,7,9H2;3,5-6,9-11,13,17H,4,7H2,1-2H3,(H2,15,18);1H4/t16?,17?,18-,19-,21-,34?;;9?,10-,11-,13-;/m1.1./s1. The molecule has 1 aromatic carbocycles. The summed E-state index contributed by atoms with van der Waals surface area (Å²) in [5.74, 6) is -2.35. The first-order valence-electron chi connectivity index (χ1n) is 25.0. The number of phosphoric ester groups is 2. The average molecular weight is 1140 g/mol. The molecule has 28 heteroatoms. The largest absolute Gasteiger partial charge is 0.530 e. The number of carbonyl (C=O) groups excluding carboxylic acids is 2. The van der Waals surface area contributed by atoms with Gasteiger partial charge in [-0.15, -0.1) is 0 Å². The molecule has 79 heavy (non-hydrogen) atoms. The molecular weight excluding hydrogens is 1080 g/mol. The van der Waals surface area contributed by atoms with Gasteiger partial charge >= 0.3 is 15.6 Å². The van der Waals surface area contributed by atoms with Gasteiger partial charge in [0.1, 0.15) is 42.4 Å². The average Bonchev–Trinajstić information content (AvgIpc) is 4.27. The predicted molar refractivity (Wildman–Crippen MR) is 277 cm³/mol. The van der Waals surface area contributed by atoms with Crippen molar-refractivity contribution in [1.29, 1.82) is 0 Å². The third-order valence-electron chi connectivity index (χ3n) is 13.0. The number of aliphatic hydroxyl groups excluding tert-OH is 1. The molecule has 6 saturated heterocycles. The van der Waals surface area contributed by atoms with E-state index < -0.39 is 93.0 Å². The van der Waals surface area contributed by atoms with Gasteiger partial charge in [0.05, 0.1) is 43.6 Å². The van der Waals surface area contributed by atoms with Crippen molar-refractivity contribution in [3.05, 3.63) is 143 Å². The molecule has 5 N–H and O–H groups in total. The number of nitro groups is 1. The van der Waals surface area contributed by atoms with Crippen molar-refractivity contribution in [2.24, 2.45) is 11.5 Å². The zero-order valence-electron chi connectivity index (χ0n) is 42.9. The van der Waals surface area contributed by atoms with E-state index in [1.165, 1.54) is 24.3 Å². The Morgan fingerprint density at radius 1 is 0.734 bits per heavy atom. The Balaban J connectivity index is 0.000000161. The third-order valence-corrected chi connectivity index (χ3v) is 16.0. The molecule has 0 radical (unpaired) electrons. The van der Waals surface area contributed by atoms with Crippen LogP contribution in [0.25, 0.3) is 0 Å². The van der Waals surface area contributed by atoms with E-state index >= 15 is 0 Å². The molecule has 0 aliphatic carbocycles. The minimum atomic E-state index is -3.84. The Morgan fingerprint density at radius 2 is 1.20 bits per heavy atom. The Kier molecular flexibility index (Phi) is 18.7. The van der Waals surface area contributed by atoms with Crippen molar-refractivity contribution in [3.8, 4) is 5.75 Å². The topological polar surface area (TPSA) is 327 Å². The number of benzene rings is 1. The van der Waals surface area contributed by atoms with Crippen molar-refractivity contribution in [2.75, 3.05) is 26.4 Å². The Labute approximate surface area is 455 Å². The van der Waals surface area contributed by atoms with Crippen molar-refractivity contribution in [1.82, 2.24) is 19.8 Å². The highest BCUT2D eigenvalue weighted by Crippen LogP contribution is 2.58. The molecule has 8 aliphatic rings. The van der Waals surface area contributed by atoms with Crippen LogP contribution in [0.4, 0.5) is 5.69 Å². The minimum absolute atomic E-state index is 0. The number of aliphatic hydroxyl groups is 1. The second-order valence-corrected chi connectivity index (χ2v) is 22.8. The molecule has 2 amide bonds. The van der Waals surface area contributed by atoms with Gasteiger partial charge in [-0.25, -0.2) is 9.13 Å². The number of phosphoric acid groups is 2. The van der Waals surface area contributed by atoms with E-state index in [4.69, 9.17) is 67.0 Å². The van der Waals surface area contributed by atoms with Gasteiger partial charge in [-0.2, -0.15) is 0 Å². The van der Waals surface area contributed by atoms with Crippen molar-refractivity contribution >= 4 is 33.1 Å². The lowest BCUT2D eigenvalue weighted by atomic mass is 10.1. The van der Waals surface area contributed by atoms with E-state index in [1.807, 2.05) is 58.2 Å². The Hall–Kier alpha value is -5.80. The summed E-state index contributed by atoms with van der Waals surface area (Å²) in [6.07, 6.45) is 14.5. The van der Waals surface area contributed by atoms with E-state index in [2.05, 4.69) is 9.97 Å². The van der Waals surface area contributed by atoms with Gasteiger partial charge in [0.25, 0.3) is 5.69 Å². The van der Waals surface area contributed by atoms with Crippen LogP contribution < -0.4 is 16.0 Å². The third kappa shape index (κ3) is 14.4. The van der Waals surface area contributed by atoms with Crippen LogP contribution in [0, 0.1) is 10.1 Å². The minimum Gasteiger partial charge on any atom is -0.404 e. The van der Waals surface area contributed by atoms with Crippen LogP contribution in [0.3, 0.4) is 0 Å². The van der Waals surface area contributed by atoms with E-state index in [1.54, 1.807) is 65.3 Å². The lowest BCUT2D eigenvalue weighted by Gasteiger charge is -2.32.